The smallest absolute Gasteiger partial charge is 0.303 e. The maximum Gasteiger partial charge on any atom is 0.303 e. The number of hydrogen-bond acceptors (Lipinski definition) is 1. The second-order valence-corrected chi connectivity index (χ2v) is 6.41. The van der Waals surface area contributed by atoms with Crippen LogP contribution in [-0.2, 0) is 4.79 Å². The SMILES string of the molecule is CC/C=C/C/C=C\C/C=C\C/C=C\C/C=C/CCCCCCCC(=O)O. The van der Waals surface area contributed by atoms with E-state index in [2.05, 4.69) is 67.7 Å². The number of aliphatic carboxylic acids is 1. The summed E-state index contributed by atoms with van der Waals surface area (Å²) >= 11 is 0. The van der Waals surface area contributed by atoms with E-state index in [9.17, 15) is 4.79 Å². The average Bonchev–Trinajstić information content (AvgIpc) is 2.62. The standard InChI is InChI=1S/C24H38O2/c1-2-3-4-5-6-7-8-9-10-11-12-13-14-15-16-17-18-19-20-21-22-23-24(25)26/h3-4,6-7,9-10,12-13,15-16H,2,5,8,11,14,17-23H2,1H3,(H,25,26)/b4-3+,7-6-,10-9-,13-12-,16-15+. The molecule has 0 aromatic carbocycles. The molecule has 0 saturated heterocycles. The van der Waals surface area contributed by atoms with E-state index < -0.39 is 5.97 Å². The lowest BCUT2D eigenvalue weighted by Crippen LogP contribution is -1.93. The number of hydrogen-bond donors (Lipinski definition) is 1. The Balaban J connectivity index is 3.38. The summed E-state index contributed by atoms with van der Waals surface area (Å²) in [5, 5.41) is 8.55. The fraction of sp³-hybridized carbons (Fsp3) is 0.542. The maximum absolute atomic E-state index is 10.4. The van der Waals surface area contributed by atoms with Gasteiger partial charge in [-0.15, -0.1) is 0 Å². The Labute approximate surface area is 161 Å². The van der Waals surface area contributed by atoms with Gasteiger partial charge in [0.25, 0.3) is 0 Å². The fourth-order valence-corrected chi connectivity index (χ4v) is 2.44. The molecule has 0 saturated carbocycles. The molecule has 2 nitrogen and oxygen atoms in total. The molecule has 0 rings (SSSR count). The molecule has 0 spiro atoms. The molecule has 0 aliphatic rings. The number of allylic oxidation sites excluding steroid dienone is 10. The van der Waals surface area contributed by atoms with Gasteiger partial charge in [-0.1, -0.05) is 86.9 Å². The van der Waals surface area contributed by atoms with Crippen molar-refractivity contribution < 1.29 is 9.90 Å². The van der Waals surface area contributed by atoms with Crippen LogP contribution in [0.3, 0.4) is 0 Å². The van der Waals surface area contributed by atoms with Crippen molar-refractivity contribution in [3.63, 3.8) is 0 Å². The summed E-state index contributed by atoms with van der Waals surface area (Å²) in [5.74, 6) is -0.677. The van der Waals surface area contributed by atoms with E-state index in [-0.39, 0.29) is 0 Å². The monoisotopic (exact) mass is 358 g/mol. The number of rotatable bonds is 17. The van der Waals surface area contributed by atoms with E-state index in [0.717, 1.165) is 57.8 Å². The number of unbranched alkanes of at least 4 members (excludes halogenated alkanes) is 5. The summed E-state index contributed by atoms with van der Waals surface area (Å²) in [5.41, 5.74) is 0. The molecule has 0 radical (unpaired) electrons. The first-order valence-electron chi connectivity index (χ1n) is 10.2. The van der Waals surface area contributed by atoms with Gasteiger partial charge in [0.2, 0.25) is 0 Å². The minimum atomic E-state index is -0.677. The predicted molar refractivity (Wildman–Crippen MR) is 114 cm³/mol. The summed E-state index contributed by atoms with van der Waals surface area (Å²) in [6, 6.07) is 0. The van der Waals surface area contributed by atoms with Gasteiger partial charge in [0.05, 0.1) is 0 Å². The van der Waals surface area contributed by atoms with Crippen LogP contribution in [0.1, 0.15) is 84.0 Å². The molecule has 1 N–H and O–H groups in total. The summed E-state index contributed by atoms with van der Waals surface area (Å²) in [7, 11) is 0. The van der Waals surface area contributed by atoms with Gasteiger partial charge in [0, 0.05) is 6.42 Å². The normalized spacial score (nSPS) is 12.7. The highest BCUT2D eigenvalue weighted by Gasteiger charge is 1.95. The molecule has 0 aliphatic carbocycles. The Hall–Kier alpha value is -1.83. The summed E-state index contributed by atoms with van der Waals surface area (Å²) in [4.78, 5) is 10.4. The lowest BCUT2D eigenvalue weighted by molar-refractivity contribution is -0.137. The van der Waals surface area contributed by atoms with Gasteiger partial charge in [-0.2, -0.15) is 0 Å². The van der Waals surface area contributed by atoms with Crippen LogP contribution < -0.4 is 0 Å². The zero-order valence-electron chi connectivity index (χ0n) is 16.6. The third-order valence-corrected chi connectivity index (χ3v) is 3.92. The lowest BCUT2D eigenvalue weighted by Gasteiger charge is -1.98. The van der Waals surface area contributed by atoms with E-state index in [1.54, 1.807) is 0 Å². The van der Waals surface area contributed by atoms with E-state index in [4.69, 9.17) is 5.11 Å². The minimum absolute atomic E-state index is 0.314. The van der Waals surface area contributed by atoms with Gasteiger partial charge < -0.3 is 5.11 Å². The lowest BCUT2D eigenvalue weighted by atomic mass is 10.1. The van der Waals surface area contributed by atoms with E-state index in [1.165, 1.54) is 12.8 Å². The first-order valence-corrected chi connectivity index (χ1v) is 10.2. The Morgan fingerprint density at radius 3 is 1.54 bits per heavy atom. The van der Waals surface area contributed by atoms with Gasteiger partial charge in [-0.3, -0.25) is 4.79 Å². The van der Waals surface area contributed by atoms with Crippen molar-refractivity contribution in [3.05, 3.63) is 60.8 Å². The molecule has 26 heavy (non-hydrogen) atoms. The van der Waals surface area contributed by atoms with Gasteiger partial charge in [-0.25, -0.2) is 0 Å². The molecule has 2 heteroatoms. The van der Waals surface area contributed by atoms with Crippen molar-refractivity contribution in [2.45, 2.75) is 84.0 Å². The van der Waals surface area contributed by atoms with E-state index >= 15 is 0 Å². The van der Waals surface area contributed by atoms with Crippen molar-refractivity contribution in [1.29, 1.82) is 0 Å². The molecule has 0 atom stereocenters. The van der Waals surface area contributed by atoms with Crippen molar-refractivity contribution in [1.82, 2.24) is 0 Å². The van der Waals surface area contributed by atoms with Gasteiger partial charge >= 0.3 is 5.97 Å². The largest absolute Gasteiger partial charge is 0.481 e. The second kappa shape index (κ2) is 21.2. The van der Waals surface area contributed by atoms with Crippen LogP contribution >= 0.6 is 0 Å². The Morgan fingerprint density at radius 2 is 1.04 bits per heavy atom. The van der Waals surface area contributed by atoms with Crippen molar-refractivity contribution in [2.24, 2.45) is 0 Å². The van der Waals surface area contributed by atoms with Crippen LogP contribution in [-0.4, -0.2) is 11.1 Å². The minimum Gasteiger partial charge on any atom is -0.481 e. The number of carboxylic acids is 1. The molecule has 0 bridgehead atoms. The first kappa shape index (κ1) is 24.2. The fourth-order valence-electron chi connectivity index (χ4n) is 2.44. The van der Waals surface area contributed by atoms with Crippen LogP contribution in [0.15, 0.2) is 60.8 Å². The maximum atomic E-state index is 10.4. The predicted octanol–water partition coefficient (Wildman–Crippen LogP) is 7.55. The van der Waals surface area contributed by atoms with Crippen LogP contribution in [0.5, 0.6) is 0 Å². The van der Waals surface area contributed by atoms with Gasteiger partial charge in [0.1, 0.15) is 0 Å². The molecule has 0 aromatic heterocycles. The van der Waals surface area contributed by atoms with Crippen LogP contribution in [0, 0.1) is 0 Å². The van der Waals surface area contributed by atoms with Crippen LogP contribution in [0.4, 0.5) is 0 Å². The highest BCUT2D eigenvalue weighted by molar-refractivity contribution is 5.66. The Bertz CT molecular complexity index is 453. The highest BCUT2D eigenvalue weighted by Crippen LogP contribution is 2.07. The second-order valence-electron chi connectivity index (χ2n) is 6.41. The van der Waals surface area contributed by atoms with E-state index in [1.807, 2.05) is 0 Å². The topological polar surface area (TPSA) is 37.3 Å². The third-order valence-electron chi connectivity index (χ3n) is 3.92. The number of carbonyl (C=O) groups is 1. The molecular weight excluding hydrogens is 320 g/mol. The zero-order chi connectivity index (χ0) is 19.1. The average molecular weight is 359 g/mol. The van der Waals surface area contributed by atoms with Crippen molar-refractivity contribution in [3.8, 4) is 0 Å². The summed E-state index contributed by atoms with van der Waals surface area (Å²) in [6.07, 6.45) is 34.3. The van der Waals surface area contributed by atoms with Crippen LogP contribution in [0.2, 0.25) is 0 Å². The Kier molecular flexibility index (Phi) is 19.7. The van der Waals surface area contributed by atoms with Crippen LogP contribution in [0.25, 0.3) is 0 Å². The third kappa shape index (κ3) is 22.2. The Morgan fingerprint density at radius 1 is 0.615 bits per heavy atom. The summed E-state index contributed by atoms with van der Waals surface area (Å²) < 4.78 is 0. The molecule has 0 amide bonds. The van der Waals surface area contributed by atoms with Crippen molar-refractivity contribution >= 4 is 5.97 Å². The van der Waals surface area contributed by atoms with Gasteiger partial charge in [0.15, 0.2) is 0 Å². The molecule has 0 fully saturated rings. The molecular formula is C24H38O2. The molecule has 0 heterocycles. The first-order chi connectivity index (χ1) is 12.8. The van der Waals surface area contributed by atoms with E-state index in [0.29, 0.717) is 6.42 Å². The molecule has 0 unspecified atom stereocenters. The highest BCUT2D eigenvalue weighted by atomic mass is 16.4. The quantitative estimate of drug-likeness (QED) is 0.215. The van der Waals surface area contributed by atoms with Gasteiger partial charge in [-0.05, 0) is 51.4 Å². The number of carboxylic acid groups (broad SMARTS) is 1. The molecule has 0 aliphatic heterocycles. The zero-order valence-corrected chi connectivity index (χ0v) is 16.6. The van der Waals surface area contributed by atoms with Crippen molar-refractivity contribution in [2.75, 3.05) is 0 Å². The summed E-state index contributed by atoms with van der Waals surface area (Å²) in [6.45, 7) is 2.15. The molecule has 0 aromatic rings. The molecule has 146 valence electrons.